The number of hydrogen-bond donors (Lipinski definition) is 2. The number of benzene rings is 1. The molecule has 7 nitrogen and oxygen atoms in total. The van der Waals surface area contributed by atoms with Gasteiger partial charge in [0.2, 0.25) is 15.9 Å². The molecule has 1 aromatic carbocycles. The van der Waals surface area contributed by atoms with Crippen molar-refractivity contribution in [3.63, 3.8) is 0 Å². The molecule has 2 unspecified atom stereocenters. The maximum atomic E-state index is 12.9. The number of anilines is 1. The summed E-state index contributed by atoms with van der Waals surface area (Å²) < 4.78 is 27.3. The molecule has 4 rings (SSSR count). The van der Waals surface area contributed by atoms with Crippen LogP contribution in [0.5, 0.6) is 0 Å². The third-order valence-electron chi connectivity index (χ3n) is 6.58. The fraction of sp³-hybridized carbons (Fsp3) is 0.682. The van der Waals surface area contributed by atoms with Crippen molar-refractivity contribution in [2.45, 2.75) is 62.8 Å². The summed E-state index contributed by atoms with van der Waals surface area (Å²) in [5.41, 5.74) is 2.01. The fourth-order valence-electron chi connectivity index (χ4n) is 4.76. The smallest absolute Gasteiger partial charge is 0.241 e. The van der Waals surface area contributed by atoms with Crippen LogP contribution >= 0.6 is 0 Å². The van der Waals surface area contributed by atoms with Crippen molar-refractivity contribution in [3.05, 3.63) is 29.8 Å². The zero-order valence-electron chi connectivity index (χ0n) is 17.7. The lowest BCUT2D eigenvalue weighted by atomic mass is 10.1. The van der Waals surface area contributed by atoms with Crippen LogP contribution in [-0.2, 0) is 21.4 Å². The molecule has 2 atom stereocenters. The molecule has 1 aromatic rings. The van der Waals surface area contributed by atoms with E-state index in [0.29, 0.717) is 26.1 Å². The SMILES string of the molecule is O=C(Nc1ccc(CN2CCCCC2)cc1)C1CC(S(=O)(=O)N2CCCCC2)CN1. The number of hydrogen-bond acceptors (Lipinski definition) is 5. The number of nitrogens with one attached hydrogen (secondary N) is 2. The molecule has 3 aliphatic heterocycles. The molecular weight excluding hydrogens is 400 g/mol. The van der Waals surface area contributed by atoms with Crippen LogP contribution in [-0.4, -0.2) is 67.5 Å². The normalized spacial score (nSPS) is 26.5. The highest BCUT2D eigenvalue weighted by Gasteiger charge is 2.40. The van der Waals surface area contributed by atoms with Gasteiger partial charge in [0.15, 0.2) is 0 Å². The number of likely N-dealkylation sites (tertiary alicyclic amines) is 1. The number of carbonyl (C=O) groups is 1. The summed E-state index contributed by atoms with van der Waals surface area (Å²) in [6.45, 7) is 4.83. The zero-order chi connectivity index (χ0) is 21.0. The van der Waals surface area contributed by atoms with Gasteiger partial charge in [0, 0.05) is 31.9 Å². The van der Waals surface area contributed by atoms with Gasteiger partial charge in [-0.2, -0.15) is 0 Å². The summed E-state index contributed by atoms with van der Waals surface area (Å²) in [6.07, 6.45) is 7.16. The molecule has 1 amide bonds. The molecule has 166 valence electrons. The van der Waals surface area contributed by atoms with Gasteiger partial charge in [-0.25, -0.2) is 12.7 Å². The highest BCUT2D eigenvalue weighted by molar-refractivity contribution is 7.89. The van der Waals surface area contributed by atoms with Crippen LogP contribution in [0, 0.1) is 0 Å². The van der Waals surface area contributed by atoms with Crippen LogP contribution in [0.25, 0.3) is 0 Å². The van der Waals surface area contributed by atoms with E-state index in [1.165, 1.54) is 24.8 Å². The second-order valence-corrected chi connectivity index (χ2v) is 11.1. The van der Waals surface area contributed by atoms with Crippen LogP contribution in [0.2, 0.25) is 0 Å². The zero-order valence-corrected chi connectivity index (χ0v) is 18.5. The average Bonchev–Trinajstić information content (AvgIpc) is 3.28. The van der Waals surface area contributed by atoms with Crippen LogP contribution in [0.15, 0.2) is 24.3 Å². The van der Waals surface area contributed by atoms with Gasteiger partial charge in [0.25, 0.3) is 0 Å². The molecular formula is C22H34N4O3S. The topological polar surface area (TPSA) is 81.8 Å². The fourth-order valence-corrected chi connectivity index (χ4v) is 6.69. The Morgan fingerprint density at radius 3 is 2.27 bits per heavy atom. The number of rotatable bonds is 6. The lowest BCUT2D eigenvalue weighted by Crippen LogP contribution is -2.42. The quantitative estimate of drug-likeness (QED) is 0.717. The van der Waals surface area contributed by atoms with E-state index >= 15 is 0 Å². The Balaban J connectivity index is 1.29. The molecule has 0 radical (unpaired) electrons. The second kappa shape index (κ2) is 9.77. The van der Waals surface area contributed by atoms with Gasteiger partial charge >= 0.3 is 0 Å². The Morgan fingerprint density at radius 1 is 0.967 bits per heavy atom. The van der Waals surface area contributed by atoms with Gasteiger partial charge in [-0.1, -0.05) is 25.0 Å². The first-order valence-electron chi connectivity index (χ1n) is 11.4. The monoisotopic (exact) mass is 434 g/mol. The first-order valence-corrected chi connectivity index (χ1v) is 12.9. The van der Waals surface area contributed by atoms with Crippen LogP contribution < -0.4 is 10.6 Å². The summed E-state index contributed by atoms with van der Waals surface area (Å²) in [4.78, 5) is 15.1. The predicted octanol–water partition coefficient (Wildman–Crippen LogP) is 2.16. The molecule has 3 saturated heterocycles. The predicted molar refractivity (Wildman–Crippen MR) is 119 cm³/mol. The van der Waals surface area contributed by atoms with Gasteiger partial charge < -0.3 is 10.6 Å². The third kappa shape index (κ3) is 5.22. The largest absolute Gasteiger partial charge is 0.325 e. The lowest BCUT2D eigenvalue weighted by molar-refractivity contribution is -0.117. The third-order valence-corrected chi connectivity index (χ3v) is 8.87. The van der Waals surface area contributed by atoms with E-state index in [0.717, 1.165) is 44.6 Å². The van der Waals surface area contributed by atoms with E-state index < -0.39 is 21.3 Å². The average molecular weight is 435 g/mol. The summed E-state index contributed by atoms with van der Waals surface area (Å²) >= 11 is 0. The van der Waals surface area contributed by atoms with Gasteiger partial charge in [0.1, 0.15) is 0 Å². The first kappa shape index (κ1) is 21.7. The molecule has 8 heteroatoms. The van der Waals surface area contributed by atoms with E-state index in [-0.39, 0.29) is 5.91 Å². The van der Waals surface area contributed by atoms with Crippen molar-refractivity contribution in [1.82, 2.24) is 14.5 Å². The summed E-state index contributed by atoms with van der Waals surface area (Å²) in [6, 6.07) is 7.54. The molecule has 0 bridgehead atoms. The molecule has 3 fully saturated rings. The minimum absolute atomic E-state index is 0.157. The lowest BCUT2D eigenvalue weighted by Gasteiger charge is -2.28. The molecule has 30 heavy (non-hydrogen) atoms. The number of sulfonamides is 1. The number of amides is 1. The number of nitrogens with zero attached hydrogens (tertiary/aromatic N) is 2. The minimum Gasteiger partial charge on any atom is -0.325 e. The number of carbonyl (C=O) groups excluding carboxylic acids is 1. The molecule has 2 N–H and O–H groups in total. The van der Waals surface area contributed by atoms with Crippen LogP contribution in [0.3, 0.4) is 0 Å². The van der Waals surface area contributed by atoms with Gasteiger partial charge in [0.05, 0.1) is 11.3 Å². The van der Waals surface area contributed by atoms with Crippen molar-refractivity contribution in [2.24, 2.45) is 0 Å². The van der Waals surface area contributed by atoms with E-state index in [2.05, 4.69) is 27.7 Å². The Bertz CT molecular complexity index is 815. The summed E-state index contributed by atoms with van der Waals surface area (Å²) in [5, 5.41) is 5.54. The Morgan fingerprint density at radius 2 is 1.60 bits per heavy atom. The summed E-state index contributed by atoms with van der Waals surface area (Å²) in [5.74, 6) is -0.157. The van der Waals surface area contributed by atoms with E-state index in [1.54, 1.807) is 4.31 Å². The van der Waals surface area contributed by atoms with E-state index in [9.17, 15) is 13.2 Å². The Kier molecular flexibility index (Phi) is 7.08. The molecule has 0 aliphatic carbocycles. The van der Waals surface area contributed by atoms with Gasteiger partial charge in [-0.05, 0) is 62.9 Å². The maximum Gasteiger partial charge on any atom is 0.241 e. The molecule has 0 saturated carbocycles. The standard InChI is InChI=1S/C22H34N4O3S/c27-22(21-15-20(16-23-21)30(28,29)26-13-5-2-6-14-26)24-19-9-7-18(8-10-19)17-25-11-3-1-4-12-25/h7-10,20-21,23H,1-6,11-17H2,(H,24,27). The van der Waals surface area contributed by atoms with Crippen molar-refractivity contribution < 1.29 is 13.2 Å². The highest BCUT2D eigenvalue weighted by Crippen LogP contribution is 2.23. The maximum absolute atomic E-state index is 12.9. The molecule has 0 spiro atoms. The molecule has 3 aliphatic rings. The Hall–Kier alpha value is -1.48. The minimum atomic E-state index is -3.33. The second-order valence-electron chi connectivity index (χ2n) is 8.85. The van der Waals surface area contributed by atoms with E-state index in [4.69, 9.17) is 0 Å². The molecule has 0 aromatic heterocycles. The highest BCUT2D eigenvalue weighted by atomic mass is 32.2. The van der Waals surface area contributed by atoms with Gasteiger partial charge in [-0.15, -0.1) is 0 Å². The summed E-state index contributed by atoms with van der Waals surface area (Å²) in [7, 11) is -3.33. The first-order chi connectivity index (χ1) is 14.5. The van der Waals surface area contributed by atoms with Crippen molar-refractivity contribution >= 4 is 21.6 Å². The van der Waals surface area contributed by atoms with Crippen molar-refractivity contribution in [2.75, 3.05) is 38.0 Å². The molecule has 3 heterocycles. The Labute approximate surface area is 180 Å². The van der Waals surface area contributed by atoms with Crippen molar-refractivity contribution in [1.29, 1.82) is 0 Å². The van der Waals surface area contributed by atoms with Crippen LogP contribution in [0.1, 0.15) is 50.5 Å². The van der Waals surface area contributed by atoms with Crippen LogP contribution in [0.4, 0.5) is 5.69 Å². The van der Waals surface area contributed by atoms with Gasteiger partial charge in [-0.3, -0.25) is 9.69 Å². The number of piperidine rings is 2. The van der Waals surface area contributed by atoms with Crippen molar-refractivity contribution in [3.8, 4) is 0 Å². The van der Waals surface area contributed by atoms with E-state index in [1.807, 2.05) is 12.1 Å².